The van der Waals surface area contributed by atoms with Gasteiger partial charge in [-0.25, -0.2) is 4.79 Å². The first-order valence-electron chi connectivity index (χ1n) is 6.78. The monoisotopic (exact) mass is 320 g/mol. The molecule has 0 aliphatic rings. The maximum Gasteiger partial charge on any atom is 0.343 e. The first-order valence-corrected chi connectivity index (χ1v) is 7.15. The second kappa shape index (κ2) is 6.32. The molecule has 0 aliphatic carbocycles. The topological polar surface area (TPSA) is 61.2 Å². The van der Waals surface area contributed by atoms with Gasteiger partial charge in [-0.1, -0.05) is 29.3 Å². The highest BCUT2D eigenvalue weighted by Crippen LogP contribution is 2.20. The molecule has 0 saturated heterocycles. The zero-order valence-corrected chi connectivity index (χ0v) is 13.7. The molecule has 0 amide bonds. The number of esters is 1. The van der Waals surface area contributed by atoms with Gasteiger partial charge in [0.1, 0.15) is 10.7 Å². The number of hydrogen-bond acceptors (Lipinski definition) is 4. The summed E-state index contributed by atoms with van der Waals surface area (Å²) in [5.41, 5.74) is 3.05. The third-order valence-corrected chi connectivity index (χ3v) is 3.82. The van der Waals surface area contributed by atoms with Crippen molar-refractivity contribution in [1.29, 1.82) is 0 Å². The van der Waals surface area contributed by atoms with Crippen LogP contribution < -0.4 is 0 Å². The Morgan fingerprint density at radius 2 is 1.95 bits per heavy atom. The summed E-state index contributed by atoms with van der Waals surface area (Å²) in [5, 5.41) is 4.24. The summed E-state index contributed by atoms with van der Waals surface area (Å²) >= 11 is 6.00. The highest BCUT2D eigenvalue weighted by atomic mass is 35.5. The van der Waals surface area contributed by atoms with Crippen LogP contribution in [0.4, 0.5) is 0 Å². The van der Waals surface area contributed by atoms with E-state index >= 15 is 0 Å². The summed E-state index contributed by atoms with van der Waals surface area (Å²) in [6.45, 7) is 5.08. The Bertz CT molecular complexity index is 750. The normalized spacial score (nSPS) is 10.6. The van der Waals surface area contributed by atoms with Gasteiger partial charge in [0.15, 0.2) is 6.61 Å². The number of carbonyl (C=O) groups excluding carboxylic acids is 2. The summed E-state index contributed by atoms with van der Waals surface area (Å²) < 4.78 is 6.48. The van der Waals surface area contributed by atoms with E-state index in [2.05, 4.69) is 5.10 Å². The molecule has 5 nitrogen and oxygen atoms in total. The lowest BCUT2D eigenvalue weighted by Crippen LogP contribution is -2.16. The number of aromatic nitrogens is 2. The standard InChI is InChI=1S/C16H17ClN2O3/c1-9-5-6-10(2)12(7-9)13(20)8-22-16(21)14-11(3)18-19(4)15(14)17/h5-7H,8H2,1-4H3. The largest absolute Gasteiger partial charge is 0.454 e. The maximum atomic E-state index is 12.2. The van der Waals surface area contributed by atoms with Gasteiger partial charge in [0, 0.05) is 12.6 Å². The Morgan fingerprint density at radius 1 is 1.27 bits per heavy atom. The van der Waals surface area contributed by atoms with Crippen LogP contribution in [0.3, 0.4) is 0 Å². The SMILES string of the molecule is Cc1ccc(C)c(C(=O)COC(=O)c2c(C)nn(C)c2Cl)c1. The lowest BCUT2D eigenvalue weighted by molar-refractivity contribution is 0.0474. The first kappa shape index (κ1) is 16.2. The summed E-state index contributed by atoms with van der Waals surface area (Å²) in [6.07, 6.45) is 0. The molecule has 0 saturated carbocycles. The fourth-order valence-electron chi connectivity index (χ4n) is 2.18. The maximum absolute atomic E-state index is 12.2. The Morgan fingerprint density at radius 3 is 2.55 bits per heavy atom. The van der Waals surface area contributed by atoms with E-state index in [1.165, 1.54) is 4.68 Å². The van der Waals surface area contributed by atoms with Gasteiger partial charge in [-0.15, -0.1) is 0 Å². The number of hydrogen-bond donors (Lipinski definition) is 0. The molecular weight excluding hydrogens is 304 g/mol. The van der Waals surface area contributed by atoms with Crippen LogP contribution >= 0.6 is 11.6 Å². The summed E-state index contributed by atoms with van der Waals surface area (Å²) in [5.74, 6) is -0.888. The lowest BCUT2D eigenvalue weighted by atomic mass is 10.0. The minimum absolute atomic E-state index is 0.193. The van der Waals surface area contributed by atoms with E-state index in [1.54, 1.807) is 20.0 Å². The smallest absolute Gasteiger partial charge is 0.343 e. The molecule has 0 spiro atoms. The number of Topliss-reactive ketones (excluding diaryl/α,β-unsaturated/α-hetero) is 1. The van der Waals surface area contributed by atoms with Crippen LogP contribution in [-0.4, -0.2) is 28.1 Å². The van der Waals surface area contributed by atoms with Crippen molar-refractivity contribution in [3.05, 3.63) is 51.3 Å². The van der Waals surface area contributed by atoms with E-state index in [0.29, 0.717) is 11.3 Å². The Labute approximate surface area is 133 Å². The molecule has 0 aliphatic heterocycles. The van der Waals surface area contributed by atoms with Crippen LogP contribution in [0.15, 0.2) is 18.2 Å². The van der Waals surface area contributed by atoms with E-state index in [4.69, 9.17) is 16.3 Å². The molecule has 1 aromatic heterocycles. The molecule has 0 bridgehead atoms. The van der Waals surface area contributed by atoms with Gasteiger partial charge >= 0.3 is 5.97 Å². The van der Waals surface area contributed by atoms with Gasteiger partial charge < -0.3 is 4.74 Å². The van der Waals surface area contributed by atoms with Crippen molar-refractivity contribution < 1.29 is 14.3 Å². The number of carbonyl (C=O) groups is 2. The Hall–Kier alpha value is -2.14. The van der Waals surface area contributed by atoms with Crippen molar-refractivity contribution in [2.45, 2.75) is 20.8 Å². The third kappa shape index (κ3) is 3.20. The third-order valence-electron chi connectivity index (χ3n) is 3.38. The van der Waals surface area contributed by atoms with Crippen LogP contribution in [-0.2, 0) is 11.8 Å². The molecule has 0 unspecified atom stereocenters. The van der Waals surface area contributed by atoms with Crippen molar-refractivity contribution in [2.24, 2.45) is 7.05 Å². The minimum atomic E-state index is -0.644. The van der Waals surface area contributed by atoms with E-state index in [0.717, 1.165) is 11.1 Å². The average Bonchev–Trinajstić information content (AvgIpc) is 2.72. The van der Waals surface area contributed by atoms with Gasteiger partial charge in [-0.2, -0.15) is 5.10 Å². The molecule has 0 radical (unpaired) electrons. The van der Waals surface area contributed by atoms with E-state index < -0.39 is 5.97 Å². The van der Waals surface area contributed by atoms with Crippen LogP contribution in [0.5, 0.6) is 0 Å². The van der Waals surface area contributed by atoms with Gasteiger partial charge in [0.25, 0.3) is 0 Å². The number of rotatable bonds is 4. The molecule has 0 fully saturated rings. The van der Waals surface area contributed by atoms with Gasteiger partial charge in [0.05, 0.1) is 5.69 Å². The molecule has 1 aromatic carbocycles. The lowest BCUT2D eigenvalue weighted by Gasteiger charge is -2.07. The van der Waals surface area contributed by atoms with E-state index in [1.807, 2.05) is 26.0 Å². The zero-order chi connectivity index (χ0) is 16.4. The molecule has 2 aromatic rings. The van der Waals surface area contributed by atoms with Crippen LogP contribution in [0.25, 0.3) is 0 Å². The predicted octanol–water partition coefficient (Wildman–Crippen LogP) is 3.04. The van der Waals surface area contributed by atoms with Crippen LogP contribution in [0.1, 0.15) is 37.5 Å². The molecule has 1 heterocycles. The minimum Gasteiger partial charge on any atom is -0.454 e. The molecule has 0 N–H and O–H groups in total. The zero-order valence-electron chi connectivity index (χ0n) is 12.9. The van der Waals surface area contributed by atoms with Crippen molar-refractivity contribution in [3.63, 3.8) is 0 Å². The van der Waals surface area contributed by atoms with Crippen molar-refractivity contribution in [2.75, 3.05) is 6.61 Å². The van der Waals surface area contributed by atoms with Gasteiger partial charge in [0.2, 0.25) is 5.78 Å². The second-order valence-electron chi connectivity index (χ2n) is 5.19. The quantitative estimate of drug-likeness (QED) is 0.641. The molecule has 0 atom stereocenters. The fraction of sp³-hybridized carbons (Fsp3) is 0.312. The van der Waals surface area contributed by atoms with Crippen LogP contribution in [0.2, 0.25) is 5.15 Å². The Balaban J connectivity index is 2.11. The number of aryl methyl sites for hydroxylation is 4. The van der Waals surface area contributed by atoms with Crippen molar-refractivity contribution in [3.8, 4) is 0 Å². The predicted molar refractivity (Wildman–Crippen MR) is 83.5 cm³/mol. The molecule has 2 rings (SSSR count). The molecule has 22 heavy (non-hydrogen) atoms. The van der Waals surface area contributed by atoms with E-state index in [-0.39, 0.29) is 23.1 Å². The average molecular weight is 321 g/mol. The van der Waals surface area contributed by atoms with Gasteiger partial charge in [-0.05, 0) is 32.4 Å². The number of ketones is 1. The van der Waals surface area contributed by atoms with Crippen molar-refractivity contribution in [1.82, 2.24) is 9.78 Å². The highest BCUT2D eigenvalue weighted by Gasteiger charge is 2.21. The first-order chi connectivity index (χ1) is 10.3. The summed E-state index contributed by atoms with van der Waals surface area (Å²) in [4.78, 5) is 24.3. The molecule has 116 valence electrons. The van der Waals surface area contributed by atoms with E-state index in [9.17, 15) is 9.59 Å². The van der Waals surface area contributed by atoms with Gasteiger partial charge in [-0.3, -0.25) is 9.48 Å². The highest BCUT2D eigenvalue weighted by molar-refractivity contribution is 6.32. The van der Waals surface area contributed by atoms with Crippen molar-refractivity contribution >= 4 is 23.4 Å². The Kier molecular flexibility index (Phi) is 4.66. The van der Waals surface area contributed by atoms with Crippen LogP contribution in [0, 0.1) is 20.8 Å². The number of halogens is 1. The number of ether oxygens (including phenoxy) is 1. The fourth-order valence-corrected chi connectivity index (χ4v) is 2.43. The summed E-state index contributed by atoms with van der Waals surface area (Å²) in [7, 11) is 1.63. The second-order valence-corrected chi connectivity index (χ2v) is 5.55. The summed E-state index contributed by atoms with van der Waals surface area (Å²) in [6, 6.07) is 5.58. The number of nitrogens with zero attached hydrogens (tertiary/aromatic N) is 2. The number of benzene rings is 1. The molecular formula is C16H17ClN2O3. The molecule has 6 heteroatoms.